The average Bonchev–Trinajstić information content (AvgIpc) is 2.63. The number of aromatic nitrogens is 4. The third-order valence-corrected chi connectivity index (χ3v) is 3.37. The first kappa shape index (κ1) is 12.4. The van der Waals surface area contributed by atoms with Crippen LogP contribution in [0.25, 0.3) is 0 Å². The van der Waals surface area contributed by atoms with Crippen LogP contribution in [-0.4, -0.2) is 19.5 Å². The van der Waals surface area contributed by atoms with E-state index in [-0.39, 0.29) is 5.92 Å². The molecule has 0 aliphatic carbocycles. The second-order valence-electron chi connectivity index (χ2n) is 3.96. The second kappa shape index (κ2) is 5.06. The Labute approximate surface area is 109 Å². The largest absolute Gasteiger partial charge is 0.329 e. The molecule has 0 aliphatic heterocycles. The zero-order valence-corrected chi connectivity index (χ0v) is 11.5. The summed E-state index contributed by atoms with van der Waals surface area (Å²) >= 11 is 7.47. The first-order valence-electron chi connectivity index (χ1n) is 5.26. The third-order valence-electron chi connectivity index (χ3n) is 2.18. The van der Waals surface area contributed by atoms with E-state index in [1.165, 1.54) is 11.8 Å². The molecule has 2 heterocycles. The molecule has 0 aromatic carbocycles. The monoisotopic (exact) mass is 268 g/mol. The third kappa shape index (κ3) is 2.98. The summed E-state index contributed by atoms with van der Waals surface area (Å²) in [6.07, 6.45) is 3.66. The van der Waals surface area contributed by atoms with Crippen molar-refractivity contribution in [3.05, 3.63) is 29.4 Å². The standard InChI is InChI=1S/C11H13ClN4S/c1-7(2)10-14-8(12)6-9(15-10)17-11-13-4-5-16(11)3/h4-7H,1-3H3. The van der Waals surface area contributed by atoms with Crippen LogP contribution in [0.2, 0.25) is 5.15 Å². The van der Waals surface area contributed by atoms with E-state index in [1.807, 2.05) is 31.7 Å². The van der Waals surface area contributed by atoms with Crippen LogP contribution in [0.4, 0.5) is 0 Å². The van der Waals surface area contributed by atoms with Crippen LogP contribution in [0.15, 0.2) is 28.6 Å². The van der Waals surface area contributed by atoms with Gasteiger partial charge in [0.1, 0.15) is 16.0 Å². The zero-order chi connectivity index (χ0) is 12.4. The van der Waals surface area contributed by atoms with Gasteiger partial charge in [-0.15, -0.1) is 0 Å². The molecule has 0 spiro atoms. The summed E-state index contributed by atoms with van der Waals surface area (Å²) in [6, 6.07) is 1.76. The lowest BCUT2D eigenvalue weighted by Gasteiger charge is -2.06. The molecule has 0 N–H and O–H groups in total. The molecule has 0 radical (unpaired) electrons. The van der Waals surface area contributed by atoms with Crippen LogP contribution in [0.1, 0.15) is 25.6 Å². The predicted octanol–water partition coefficient (Wildman–Crippen LogP) is 3.14. The molecule has 4 nitrogen and oxygen atoms in total. The Hall–Kier alpha value is -1.07. The summed E-state index contributed by atoms with van der Waals surface area (Å²) in [5.74, 6) is 1.02. The van der Waals surface area contributed by atoms with Gasteiger partial charge in [0.2, 0.25) is 0 Å². The molecular formula is C11H13ClN4S. The molecule has 0 saturated heterocycles. The van der Waals surface area contributed by atoms with E-state index in [0.717, 1.165) is 16.0 Å². The Bertz CT molecular complexity index is 524. The van der Waals surface area contributed by atoms with Gasteiger partial charge in [-0.2, -0.15) is 0 Å². The predicted molar refractivity (Wildman–Crippen MR) is 68.5 cm³/mol. The van der Waals surface area contributed by atoms with Gasteiger partial charge < -0.3 is 4.57 Å². The first-order valence-corrected chi connectivity index (χ1v) is 6.45. The summed E-state index contributed by atoms with van der Waals surface area (Å²) in [7, 11) is 1.95. The summed E-state index contributed by atoms with van der Waals surface area (Å²) in [4.78, 5) is 12.9. The Morgan fingerprint density at radius 2 is 2.12 bits per heavy atom. The van der Waals surface area contributed by atoms with Crippen molar-refractivity contribution >= 4 is 23.4 Å². The quantitative estimate of drug-likeness (QED) is 0.802. The normalized spacial score (nSPS) is 11.1. The van der Waals surface area contributed by atoms with Crippen molar-refractivity contribution in [1.82, 2.24) is 19.5 Å². The molecule has 0 bridgehead atoms. The minimum Gasteiger partial charge on any atom is -0.329 e. The molecule has 17 heavy (non-hydrogen) atoms. The number of hydrogen-bond acceptors (Lipinski definition) is 4. The summed E-state index contributed by atoms with van der Waals surface area (Å²) < 4.78 is 1.94. The Morgan fingerprint density at radius 3 is 2.71 bits per heavy atom. The van der Waals surface area contributed by atoms with Gasteiger partial charge in [-0.05, 0) is 11.8 Å². The number of hydrogen-bond donors (Lipinski definition) is 0. The molecule has 0 amide bonds. The number of nitrogens with zero attached hydrogens (tertiary/aromatic N) is 4. The van der Waals surface area contributed by atoms with Crippen LogP contribution in [-0.2, 0) is 7.05 Å². The lowest BCUT2D eigenvalue weighted by atomic mass is 10.2. The smallest absolute Gasteiger partial charge is 0.174 e. The highest BCUT2D eigenvalue weighted by Crippen LogP contribution is 2.26. The maximum atomic E-state index is 5.98. The fraction of sp³-hybridized carbons (Fsp3) is 0.364. The van der Waals surface area contributed by atoms with E-state index in [0.29, 0.717) is 5.15 Å². The van der Waals surface area contributed by atoms with E-state index in [4.69, 9.17) is 11.6 Å². The Kier molecular flexibility index (Phi) is 3.69. The zero-order valence-electron chi connectivity index (χ0n) is 9.88. The molecule has 0 atom stereocenters. The van der Waals surface area contributed by atoms with Gasteiger partial charge >= 0.3 is 0 Å². The Morgan fingerprint density at radius 1 is 1.35 bits per heavy atom. The van der Waals surface area contributed by atoms with Gasteiger partial charge in [0, 0.05) is 31.4 Å². The van der Waals surface area contributed by atoms with E-state index < -0.39 is 0 Å². The van der Waals surface area contributed by atoms with E-state index in [1.54, 1.807) is 12.3 Å². The van der Waals surface area contributed by atoms with Gasteiger partial charge in [-0.3, -0.25) is 0 Å². The van der Waals surface area contributed by atoms with Crippen LogP contribution >= 0.6 is 23.4 Å². The van der Waals surface area contributed by atoms with Crippen molar-refractivity contribution in [1.29, 1.82) is 0 Å². The minimum absolute atomic E-state index is 0.259. The van der Waals surface area contributed by atoms with Gasteiger partial charge in [0.05, 0.1) is 0 Å². The minimum atomic E-state index is 0.259. The molecule has 90 valence electrons. The van der Waals surface area contributed by atoms with E-state index in [9.17, 15) is 0 Å². The van der Waals surface area contributed by atoms with E-state index in [2.05, 4.69) is 15.0 Å². The number of aryl methyl sites for hydroxylation is 1. The van der Waals surface area contributed by atoms with Gasteiger partial charge in [0.15, 0.2) is 5.16 Å². The maximum absolute atomic E-state index is 5.98. The average molecular weight is 269 g/mol. The van der Waals surface area contributed by atoms with Crippen LogP contribution < -0.4 is 0 Å². The van der Waals surface area contributed by atoms with Crippen molar-refractivity contribution in [3.8, 4) is 0 Å². The number of rotatable bonds is 3. The van der Waals surface area contributed by atoms with Gasteiger partial charge in [-0.1, -0.05) is 25.4 Å². The van der Waals surface area contributed by atoms with Crippen LogP contribution in [0.5, 0.6) is 0 Å². The van der Waals surface area contributed by atoms with Crippen molar-refractivity contribution < 1.29 is 0 Å². The number of imidazole rings is 1. The fourth-order valence-corrected chi connectivity index (χ4v) is 2.34. The number of halogens is 1. The molecule has 0 saturated carbocycles. The highest BCUT2D eigenvalue weighted by Gasteiger charge is 2.10. The van der Waals surface area contributed by atoms with E-state index >= 15 is 0 Å². The Balaban J connectivity index is 2.30. The van der Waals surface area contributed by atoms with Crippen LogP contribution in [0, 0.1) is 0 Å². The molecule has 6 heteroatoms. The maximum Gasteiger partial charge on any atom is 0.174 e. The molecule has 0 unspecified atom stereocenters. The summed E-state index contributed by atoms with van der Waals surface area (Å²) in [5, 5.41) is 2.18. The van der Waals surface area contributed by atoms with Crippen LogP contribution in [0.3, 0.4) is 0 Å². The van der Waals surface area contributed by atoms with Gasteiger partial charge in [0.25, 0.3) is 0 Å². The second-order valence-corrected chi connectivity index (χ2v) is 5.34. The summed E-state index contributed by atoms with van der Waals surface area (Å²) in [5.41, 5.74) is 0. The lowest BCUT2D eigenvalue weighted by Crippen LogP contribution is -1.99. The topological polar surface area (TPSA) is 43.6 Å². The lowest BCUT2D eigenvalue weighted by molar-refractivity contribution is 0.749. The van der Waals surface area contributed by atoms with Crippen molar-refractivity contribution in [2.75, 3.05) is 0 Å². The molecule has 2 aromatic rings. The highest BCUT2D eigenvalue weighted by atomic mass is 35.5. The van der Waals surface area contributed by atoms with Crippen molar-refractivity contribution in [3.63, 3.8) is 0 Å². The SMILES string of the molecule is CC(C)c1nc(Cl)cc(Sc2nccn2C)n1. The molecule has 2 aromatic heterocycles. The van der Waals surface area contributed by atoms with Gasteiger partial charge in [-0.25, -0.2) is 15.0 Å². The van der Waals surface area contributed by atoms with Crippen molar-refractivity contribution in [2.24, 2.45) is 7.05 Å². The first-order chi connectivity index (χ1) is 8.06. The van der Waals surface area contributed by atoms with Crippen molar-refractivity contribution in [2.45, 2.75) is 29.9 Å². The molecule has 0 aliphatic rings. The molecule has 2 rings (SSSR count). The summed E-state index contributed by atoms with van der Waals surface area (Å²) in [6.45, 7) is 4.09. The fourth-order valence-electron chi connectivity index (χ4n) is 1.27. The highest BCUT2D eigenvalue weighted by molar-refractivity contribution is 7.99. The molecular weight excluding hydrogens is 256 g/mol. The molecule has 0 fully saturated rings.